The van der Waals surface area contributed by atoms with Crippen molar-refractivity contribution in [2.45, 2.75) is 57.0 Å². The molecule has 0 aliphatic heterocycles. The Labute approximate surface area is 104 Å². The normalized spacial score (nSPS) is 44.7. The Hall–Kier alpha value is -0.570. The Bertz CT molecular complexity index is 291. The smallest absolute Gasteiger partial charge is 0.277 e. The fourth-order valence-corrected chi connectivity index (χ4v) is 5.22. The molecule has 1 amide bonds. The molecule has 4 fully saturated rings. The monoisotopic (exact) mass is 237 g/mol. The summed E-state index contributed by atoms with van der Waals surface area (Å²) < 4.78 is 0. The summed E-state index contributed by atoms with van der Waals surface area (Å²) in [6.45, 7) is 2.05. The third kappa shape index (κ3) is 1.99. The van der Waals surface area contributed by atoms with Gasteiger partial charge in [0, 0.05) is 26.3 Å². The van der Waals surface area contributed by atoms with Crippen LogP contribution < -0.4 is 10.6 Å². The number of amides is 1. The number of nitrogens with two attached hydrogens (primary N) is 1. The highest BCUT2D eigenvalue weighted by Gasteiger charge is 2.54. The molecule has 1 atom stereocenters. The van der Waals surface area contributed by atoms with E-state index in [1.165, 1.54) is 38.5 Å². The number of hydrogen-bond donors (Lipinski definition) is 2. The lowest BCUT2D eigenvalue weighted by atomic mass is 9.53. The summed E-state index contributed by atoms with van der Waals surface area (Å²) in [6, 6.07) is 0.0799. The topological polar surface area (TPSA) is 45.7 Å². The summed E-state index contributed by atoms with van der Waals surface area (Å²) in [7, 11) is 1.74. The highest BCUT2D eigenvalue weighted by Crippen LogP contribution is 2.54. The molecule has 4 aliphatic carbocycles. The van der Waals surface area contributed by atoms with Gasteiger partial charge >= 0.3 is 0 Å². The molecular formula is C14H25N2O+. The van der Waals surface area contributed by atoms with Crippen molar-refractivity contribution in [1.82, 2.24) is 5.32 Å². The van der Waals surface area contributed by atoms with Gasteiger partial charge in [-0.05, 0) is 43.9 Å². The van der Waals surface area contributed by atoms with Crippen LogP contribution in [-0.2, 0) is 4.79 Å². The predicted molar refractivity (Wildman–Crippen MR) is 66.4 cm³/mol. The van der Waals surface area contributed by atoms with Gasteiger partial charge in [-0.25, -0.2) is 0 Å². The number of carbonyl (C=O) groups is 1. The van der Waals surface area contributed by atoms with Crippen LogP contribution in [0.25, 0.3) is 0 Å². The van der Waals surface area contributed by atoms with Crippen LogP contribution in [0.5, 0.6) is 0 Å². The van der Waals surface area contributed by atoms with Gasteiger partial charge in [0.2, 0.25) is 0 Å². The van der Waals surface area contributed by atoms with E-state index in [4.69, 9.17) is 0 Å². The van der Waals surface area contributed by atoms with E-state index in [1.54, 1.807) is 7.05 Å². The van der Waals surface area contributed by atoms with E-state index in [0.717, 1.165) is 17.8 Å². The van der Waals surface area contributed by atoms with Gasteiger partial charge in [0.1, 0.15) is 0 Å². The number of hydrogen-bond acceptors (Lipinski definition) is 1. The molecule has 0 radical (unpaired) electrons. The minimum Gasteiger partial charge on any atom is -0.354 e. The first-order valence-corrected chi connectivity index (χ1v) is 7.18. The molecule has 0 unspecified atom stereocenters. The van der Waals surface area contributed by atoms with Crippen molar-refractivity contribution >= 4 is 5.91 Å². The van der Waals surface area contributed by atoms with Gasteiger partial charge in [-0.15, -0.1) is 0 Å². The first kappa shape index (κ1) is 11.5. The quantitative estimate of drug-likeness (QED) is 0.744. The highest BCUT2D eigenvalue weighted by atomic mass is 16.2. The molecule has 96 valence electrons. The summed E-state index contributed by atoms with van der Waals surface area (Å²) in [6.07, 6.45) is 8.51. The SMILES string of the molecule is CNC(=O)[C@H](C)[NH2+]C12CC3CC(CC(C3)C1)C2. The number of likely N-dealkylation sites (N-methyl/N-ethyl adjacent to an activating group) is 1. The first-order valence-electron chi connectivity index (χ1n) is 7.18. The van der Waals surface area contributed by atoms with Crippen molar-refractivity contribution < 1.29 is 10.1 Å². The second-order valence-electron chi connectivity index (χ2n) is 6.85. The molecule has 3 N–H and O–H groups in total. The Morgan fingerprint density at radius 3 is 2.06 bits per heavy atom. The van der Waals surface area contributed by atoms with E-state index in [-0.39, 0.29) is 11.9 Å². The molecule has 0 saturated heterocycles. The lowest BCUT2D eigenvalue weighted by molar-refractivity contribution is -0.754. The summed E-state index contributed by atoms with van der Waals surface area (Å²) in [5.74, 6) is 3.08. The molecule has 4 bridgehead atoms. The Morgan fingerprint density at radius 2 is 1.65 bits per heavy atom. The van der Waals surface area contributed by atoms with Crippen LogP contribution in [0, 0.1) is 17.8 Å². The van der Waals surface area contributed by atoms with Gasteiger partial charge < -0.3 is 10.6 Å². The fourth-order valence-electron chi connectivity index (χ4n) is 5.22. The van der Waals surface area contributed by atoms with Crippen molar-refractivity contribution in [3.63, 3.8) is 0 Å². The number of nitrogens with one attached hydrogen (secondary N) is 1. The molecule has 3 heteroatoms. The van der Waals surface area contributed by atoms with Crippen LogP contribution in [-0.4, -0.2) is 24.5 Å². The van der Waals surface area contributed by atoms with Gasteiger partial charge in [0.05, 0.1) is 5.54 Å². The largest absolute Gasteiger partial charge is 0.354 e. The molecule has 4 rings (SSSR count). The molecular weight excluding hydrogens is 212 g/mol. The van der Waals surface area contributed by atoms with E-state index in [1.807, 2.05) is 0 Å². The Balaban J connectivity index is 1.72. The summed E-state index contributed by atoms with van der Waals surface area (Å²) in [5.41, 5.74) is 0.417. The lowest BCUT2D eigenvalue weighted by Crippen LogP contribution is -3.03. The van der Waals surface area contributed by atoms with Crippen LogP contribution in [0.4, 0.5) is 0 Å². The average molecular weight is 237 g/mol. The molecule has 0 aromatic carbocycles. The minimum atomic E-state index is 0.0799. The highest BCUT2D eigenvalue weighted by molar-refractivity contribution is 5.79. The summed E-state index contributed by atoms with van der Waals surface area (Å²) in [5, 5.41) is 5.18. The van der Waals surface area contributed by atoms with Gasteiger partial charge in [0.25, 0.3) is 5.91 Å². The first-order chi connectivity index (χ1) is 8.10. The van der Waals surface area contributed by atoms with E-state index in [9.17, 15) is 4.79 Å². The van der Waals surface area contributed by atoms with Crippen molar-refractivity contribution in [3.8, 4) is 0 Å². The number of rotatable bonds is 3. The van der Waals surface area contributed by atoms with Crippen molar-refractivity contribution in [2.75, 3.05) is 7.05 Å². The van der Waals surface area contributed by atoms with Gasteiger partial charge in [-0.1, -0.05) is 0 Å². The van der Waals surface area contributed by atoms with Crippen molar-refractivity contribution in [3.05, 3.63) is 0 Å². The third-order valence-electron chi connectivity index (χ3n) is 5.35. The lowest BCUT2D eigenvalue weighted by Gasteiger charge is -2.55. The van der Waals surface area contributed by atoms with Crippen molar-refractivity contribution in [1.29, 1.82) is 0 Å². The predicted octanol–water partition coefficient (Wildman–Crippen LogP) is 0.653. The maximum atomic E-state index is 11.7. The number of carbonyl (C=O) groups excluding carboxylic acids is 1. The second-order valence-corrected chi connectivity index (χ2v) is 6.85. The Kier molecular flexibility index (Phi) is 2.69. The molecule has 4 aliphatic rings. The Morgan fingerprint density at radius 1 is 1.18 bits per heavy atom. The van der Waals surface area contributed by atoms with E-state index < -0.39 is 0 Å². The standard InChI is InChI=1S/C14H24N2O/c1-9(13(17)15-2)16-14-6-10-3-11(7-14)5-12(4-10)8-14/h9-12,16H,3-8H2,1-2H3,(H,15,17)/p+1/t9-,10?,11?,12?,14?/m0/s1. The van der Waals surface area contributed by atoms with E-state index in [0.29, 0.717) is 5.54 Å². The molecule has 4 saturated carbocycles. The van der Waals surface area contributed by atoms with E-state index >= 15 is 0 Å². The maximum Gasteiger partial charge on any atom is 0.277 e. The molecule has 0 spiro atoms. The fraction of sp³-hybridized carbons (Fsp3) is 0.929. The maximum absolute atomic E-state index is 11.7. The zero-order chi connectivity index (χ0) is 12.0. The van der Waals surface area contributed by atoms with Crippen LogP contribution in [0.1, 0.15) is 45.4 Å². The molecule has 0 aromatic heterocycles. The molecule has 0 heterocycles. The second kappa shape index (κ2) is 3.98. The molecule has 17 heavy (non-hydrogen) atoms. The van der Waals surface area contributed by atoms with Crippen molar-refractivity contribution in [2.24, 2.45) is 17.8 Å². The van der Waals surface area contributed by atoms with Crippen LogP contribution in [0.15, 0.2) is 0 Å². The summed E-state index contributed by atoms with van der Waals surface area (Å²) >= 11 is 0. The zero-order valence-electron chi connectivity index (χ0n) is 11.0. The van der Waals surface area contributed by atoms with Crippen LogP contribution >= 0.6 is 0 Å². The van der Waals surface area contributed by atoms with Crippen LogP contribution in [0.3, 0.4) is 0 Å². The average Bonchev–Trinajstić information content (AvgIpc) is 2.25. The number of quaternary nitrogens is 1. The van der Waals surface area contributed by atoms with Crippen LogP contribution in [0.2, 0.25) is 0 Å². The van der Waals surface area contributed by atoms with E-state index in [2.05, 4.69) is 17.6 Å². The molecule has 3 nitrogen and oxygen atoms in total. The summed E-state index contributed by atoms with van der Waals surface area (Å²) in [4.78, 5) is 11.7. The van der Waals surface area contributed by atoms with Gasteiger partial charge in [-0.2, -0.15) is 0 Å². The third-order valence-corrected chi connectivity index (χ3v) is 5.35. The zero-order valence-corrected chi connectivity index (χ0v) is 11.0. The minimum absolute atomic E-state index is 0.0799. The van der Waals surface area contributed by atoms with Gasteiger partial charge in [0.15, 0.2) is 6.04 Å². The van der Waals surface area contributed by atoms with Gasteiger partial charge in [-0.3, -0.25) is 4.79 Å². The molecule has 0 aromatic rings.